The van der Waals surface area contributed by atoms with E-state index in [0.29, 0.717) is 0 Å². The molecule has 0 N–H and O–H groups in total. The normalized spacial score (nSPS) is 12.1. The molecule has 0 unspecified atom stereocenters. The van der Waals surface area contributed by atoms with E-state index in [2.05, 4.69) is 516 Å². The second kappa shape index (κ2) is 31.8. The largest absolute Gasteiger partial charge is 0.309 e. The lowest BCUT2D eigenvalue weighted by atomic mass is 9.95. The van der Waals surface area contributed by atoms with Crippen molar-refractivity contribution in [3.05, 3.63) is 497 Å². The van der Waals surface area contributed by atoms with Gasteiger partial charge >= 0.3 is 0 Å². The Labute approximate surface area is 823 Å². The summed E-state index contributed by atoms with van der Waals surface area (Å²) in [5, 5.41) is 41.2. The van der Waals surface area contributed by atoms with E-state index in [9.17, 15) is 0 Å². The van der Waals surface area contributed by atoms with Gasteiger partial charge in [-0.1, -0.05) is 376 Å². The molecule has 32 aromatic rings. The fourth-order valence-electron chi connectivity index (χ4n) is 24.0. The molecule has 0 saturated heterocycles. The molecule has 0 aliphatic carbocycles. The Morgan fingerprint density at radius 1 is 0.120 bits per heavy atom. The fourth-order valence-corrected chi connectivity index (χ4v) is 26.2. The van der Waals surface area contributed by atoms with Crippen LogP contribution in [0.3, 0.4) is 0 Å². The molecule has 0 amide bonds. The van der Waals surface area contributed by atoms with Crippen molar-refractivity contribution in [2.24, 2.45) is 0 Å². The summed E-state index contributed by atoms with van der Waals surface area (Å²) in [5.74, 6) is 0. The highest BCUT2D eigenvalue weighted by Crippen LogP contribution is 2.51. The minimum atomic E-state index is 1.16. The zero-order valence-corrected chi connectivity index (χ0v) is 78.6. The average molecular weight is 1840 g/mol. The highest BCUT2D eigenvalue weighted by molar-refractivity contribution is 7.26. The number of thiophene rings is 2. The molecule has 142 heavy (non-hydrogen) atoms. The van der Waals surface area contributed by atoms with Gasteiger partial charge in [-0.05, 0) is 241 Å². The first kappa shape index (κ1) is 80.1. The highest BCUT2D eigenvalue weighted by Gasteiger charge is 2.27. The van der Waals surface area contributed by atoms with Crippen LogP contribution in [0.4, 0.5) is 0 Å². The predicted octanol–water partition coefficient (Wildman–Crippen LogP) is 38.7. The number of benzene rings is 26. The van der Waals surface area contributed by atoms with Gasteiger partial charge in [0.1, 0.15) is 0 Å². The fraction of sp³-hybridized carbons (Fsp3) is 0. The Morgan fingerprint density at radius 3 is 0.979 bits per heavy atom. The monoisotopic (exact) mass is 1830 g/mol. The summed E-state index contributed by atoms with van der Waals surface area (Å²) >= 11 is 3.73. The Hall–Kier alpha value is -18.0. The maximum Gasteiger partial charge on any atom is 0.0626 e. The second-order valence-corrected chi connectivity index (χ2v) is 40.1. The van der Waals surface area contributed by atoms with Gasteiger partial charge in [0.05, 0.1) is 44.1 Å². The number of fused-ring (bicyclic) bond motifs is 39. The lowest BCUT2D eigenvalue weighted by molar-refractivity contribution is 1.18. The van der Waals surface area contributed by atoms with Crippen molar-refractivity contribution in [3.8, 4) is 56.1 Å². The molecule has 0 atom stereocenters. The first-order valence-corrected chi connectivity index (χ1v) is 50.5. The van der Waals surface area contributed by atoms with Gasteiger partial charge in [-0.15, -0.1) is 22.7 Å². The summed E-state index contributed by atoms with van der Waals surface area (Å²) in [4.78, 5) is 0. The summed E-state index contributed by atoms with van der Waals surface area (Å²) in [5.41, 5.74) is 22.0. The quantitative estimate of drug-likeness (QED) is 0.142. The molecule has 0 fully saturated rings. The first-order chi connectivity index (χ1) is 70.4. The predicted molar refractivity (Wildman–Crippen MR) is 614 cm³/mol. The van der Waals surface area contributed by atoms with Gasteiger partial charge in [0.25, 0.3) is 0 Å². The van der Waals surface area contributed by atoms with Crippen molar-refractivity contribution in [1.29, 1.82) is 0 Å². The van der Waals surface area contributed by atoms with Gasteiger partial charge in [0, 0.05) is 128 Å². The van der Waals surface area contributed by atoms with Crippen LogP contribution < -0.4 is 0 Å². The topological polar surface area (TPSA) is 19.7 Å². The Kier molecular flexibility index (Phi) is 17.9. The van der Waals surface area contributed by atoms with Gasteiger partial charge in [0.15, 0.2) is 0 Å². The number of hydrogen-bond acceptors (Lipinski definition) is 2. The molecular formula is C136H82N4S2. The van der Waals surface area contributed by atoms with Crippen LogP contribution in [0.1, 0.15) is 0 Å². The zero-order valence-electron chi connectivity index (χ0n) is 76.9. The van der Waals surface area contributed by atoms with E-state index in [-0.39, 0.29) is 0 Å². The number of aromatic nitrogens is 4. The van der Waals surface area contributed by atoms with Crippen LogP contribution in [-0.4, -0.2) is 18.3 Å². The average Bonchev–Trinajstić information content (AvgIpc) is 1.55. The minimum absolute atomic E-state index is 1.16. The molecule has 26 aromatic carbocycles. The van der Waals surface area contributed by atoms with E-state index in [0.717, 1.165) is 5.69 Å². The Bertz CT molecular complexity index is 10900. The van der Waals surface area contributed by atoms with Crippen molar-refractivity contribution >= 4 is 258 Å². The molecule has 32 rings (SSSR count). The smallest absolute Gasteiger partial charge is 0.0626 e. The first-order valence-electron chi connectivity index (χ1n) is 48.9. The van der Waals surface area contributed by atoms with Crippen LogP contribution in [0.5, 0.6) is 0 Å². The van der Waals surface area contributed by atoms with Gasteiger partial charge in [-0.25, -0.2) is 0 Å². The van der Waals surface area contributed by atoms with Crippen LogP contribution >= 0.6 is 22.7 Å². The van der Waals surface area contributed by atoms with Crippen molar-refractivity contribution in [2.45, 2.75) is 0 Å². The van der Waals surface area contributed by atoms with Gasteiger partial charge in [-0.3, -0.25) is 0 Å². The van der Waals surface area contributed by atoms with Gasteiger partial charge in [-0.2, -0.15) is 0 Å². The number of nitrogens with zero attached hydrogens (tertiary/aromatic N) is 4. The molecule has 0 radical (unpaired) electrons. The van der Waals surface area contributed by atoms with E-state index in [4.69, 9.17) is 0 Å². The van der Waals surface area contributed by atoms with E-state index in [1.165, 1.54) is 286 Å². The van der Waals surface area contributed by atoms with E-state index < -0.39 is 0 Å². The summed E-state index contributed by atoms with van der Waals surface area (Å²) < 4.78 is 15.3. The van der Waals surface area contributed by atoms with Crippen molar-refractivity contribution < 1.29 is 0 Å². The molecule has 0 bridgehead atoms. The maximum absolute atomic E-state index is 2.52. The van der Waals surface area contributed by atoms with E-state index >= 15 is 0 Å². The SMILES string of the molecule is c1ccc2c(c1)ccc1c3c4ccccc4c4ccccc4c3n(-c3ccc(-c4ccc5sc6ccccc6c5c4)cc3)c21.c1ccc2cc(-n3c4ccccc4c4cc(-c5ccc(-n6c7ccc8ccccc8c7c7c8ccccc8c8ccccc8c76)cc5)ccc43)ccc2c1.c1ccc2cc3c(cc2c1)c1c2ccccc2c2ccccc2c1n3-c1ccc(-c2ccc3sc4ccccc4c3c2)cc1. The lowest BCUT2D eigenvalue weighted by Crippen LogP contribution is -1.95. The minimum Gasteiger partial charge on any atom is -0.309 e. The molecule has 658 valence electrons. The third-order valence-electron chi connectivity index (χ3n) is 30.3. The molecule has 0 saturated carbocycles. The number of rotatable bonds is 7. The van der Waals surface area contributed by atoms with Gasteiger partial charge in [0.2, 0.25) is 0 Å². The van der Waals surface area contributed by atoms with E-state index in [1.807, 2.05) is 22.7 Å². The lowest BCUT2D eigenvalue weighted by Gasteiger charge is -2.13. The van der Waals surface area contributed by atoms with Gasteiger partial charge < -0.3 is 18.3 Å². The van der Waals surface area contributed by atoms with Crippen LogP contribution in [0, 0.1) is 0 Å². The van der Waals surface area contributed by atoms with Crippen molar-refractivity contribution in [3.63, 3.8) is 0 Å². The van der Waals surface area contributed by atoms with E-state index in [1.54, 1.807) is 0 Å². The summed E-state index contributed by atoms with van der Waals surface area (Å²) in [6, 6.07) is 183. The molecule has 6 heterocycles. The third-order valence-corrected chi connectivity index (χ3v) is 32.7. The molecule has 4 nitrogen and oxygen atoms in total. The number of para-hydroxylation sites is 1. The molecule has 0 aliphatic heterocycles. The van der Waals surface area contributed by atoms with Crippen LogP contribution in [0.25, 0.3) is 291 Å². The molecule has 6 heteroatoms. The molecule has 0 aliphatic rings. The number of hydrogen-bond donors (Lipinski definition) is 0. The summed E-state index contributed by atoms with van der Waals surface area (Å²) in [6.07, 6.45) is 0. The van der Waals surface area contributed by atoms with Crippen LogP contribution in [0.2, 0.25) is 0 Å². The zero-order chi connectivity index (χ0) is 92.9. The van der Waals surface area contributed by atoms with Crippen molar-refractivity contribution in [2.75, 3.05) is 0 Å². The second-order valence-electron chi connectivity index (χ2n) is 37.9. The molecular weight excluding hydrogens is 1750 g/mol. The molecule has 6 aromatic heterocycles. The van der Waals surface area contributed by atoms with Crippen molar-refractivity contribution in [1.82, 2.24) is 18.3 Å². The highest BCUT2D eigenvalue weighted by atomic mass is 32.1. The Balaban J connectivity index is 0.000000100. The van der Waals surface area contributed by atoms with Crippen LogP contribution in [0.15, 0.2) is 497 Å². The summed E-state index contributed by atoms with van der Waals surface area (Å²) in [7, 11) is 0. The van der Waals surface area contributed by atoms with Crippen LogP contribution in [-0.2, 0) is 0 Å². The standard InChI is InChI=1S/C52H32N2.2C42H25NS/c1-2-13-36-31-39(28-23-33(36)11-1)53-47-20-10-9-17-43(47)46-32-37(25-29-48(46)53)34-21-26-38(27-22-34)54-49-30-24-35-12-3-4-14-40(35)50(49)51-44-18-7-5-15-41(44)42-16-6-8-19-45(42)52(51)54;1-2-10-30-27(9-1)19-23-36-40-34-14-5-3-11-31(34)32-12-4-6-15-35(32)42(40)43(41(30)36)29-21-17-26(18-22-29)28-20-24-39-37(25-28)33-13-7-8-16-38(33)44-39;1-2-10-28-25-38-37(24-27(28)9-1)41-34-14-5-3-11-31(34)32-12-4-6-15-35(32)42(41)43(38)30-20-17-26(18-21-30)29-19-22-40-36(23-29)33-13-7-8-16-39(33)44-40/h1-32H;2*1-25H. The third kappa shape index (κ3) is 12.3. The Morgan fingerprint density at radius 2 is 0.444 bits per heavy atom. The molecule has 0 spiro atoms. The summed E-state index contributed by atoms with van der Waals surface area (Å²) in [6.45, 7) is 0. The maximum atomic E-state index is 2.52.